The molecule has 114 valence electrons. The lowest BCUT2D eigenvalue weighted by Gasteiger charge is -2.09. The van der Waals surface area contributed by atoms with Crippen LogP contribution in [0.2, 0.25) is 0 Å². The first-order valence-electron chi connectivity index (χ1n) is 7.18. The summed E-state index contributed by atoms with van der Waals surface area (Å²) in [6, 6.07) is 16.6. The van der Waals surface area contributed by atoms with Gasteiger partial charge in [-0.3, -0.25) is 14.4 Å². The molecule has 0 bridgehead atoms. The fourth-order valence-corrected chi connectivity index (χ4v) is 2.14. The van der Waals surface area contributed by atoms with Gasteiger partial charge in [0.2, 0.25) is 0 Å². The van der Waals surface area contributed by atoms with E-state index in [4.69, 9.17) is 5.26 Å². The minimum atomic E-state index is -0.861. The highest BCUT2D eigenvalue weighted by molar-refractivity contribution is 6.17. The highest BCUT2D eigenvalue weighted by atomic mass is 16.2. The summed E-state index contributed by atoms with van der Waals surface area (Å²) in [5.41, 5.74) is 1.26. The van der Waals surface area contributed by atoms with Gasteiger partial charge in [0.05, 0.1) is 24.0 Å². The Labute approximate surface area is 134 Å². The monoisotopic (exact) mass is 305 g/mol. The van der Waals surface area contributed by atoms with Crippen molar-refractivity contribution < 1.29 is 14.4 Å². The molecular formula is C19H15NO3. The van der Waals surface area contributed by atoms with Crippen LogP contribution in [-0.2, 0) is 4.79 Å². The highest BCUT2D eigenvalue weighted by Gasteiger charge is 2.24. The molecule has 23 heavy (non-hydrogen) atoms. The molecule has 0 aliphatic rings. The minimum Gasteiger partial charge on any atom is -0.298 e. The molecule has 2 rings (SSSR count). The van der Waals surface area contributed by atoms with Gasteiger partial charge in [0, 0.05) is 11.1 Å². The lowest BCUT2D eigenvalue weighted by molar-refractivity contribution is -0.120. The summed E-state index contributed by atoms with van der Waals surface area (Å²) in [7, 11) is 0. The molecule has 0 aromatic heterocycles. The third-order valence-corrected chi connectivity index (χ3v) is 3.61. The second-order valence-corrected chi connectivity index (χ2v) is 5.21. The van der Waals surface area contributed by atoms with Crippen molar-refractivity contribution in [3.05, 3.63) is 71.3 Å². The maximum atomic E-state index is 12.2. The van der Waals surface area contributed by atoms with Gasteiger partial charge in [0.15, 0.2) is 17.3 Å². The summed E-state index contributed by atoms with van der Waals surface area (Å²) in [6.07, 6.45) is -0.328. The molecule has 0 aliphatic heterocycles. The predicted molar refractivity (Wildman–Crippen MR) is 85.0 cm³/mol. The summed E-state index contributed by atoms with van der Waals surface area (Å²) < 4.78 is 0. The molecule has 0 saturated heterocycles. The van der Waals surface area contributed by atoms with E-state index >= 15 is 0 Å². The Morgan fingerprint density at radius 1 is 0.957 bits per heavy atom. The summed E-state index contributed by atoms with van der Waals surface area (Å²) >= 11 is 0. The summed E-state index contributed by atoms with van der Waals surface area (Å²) in [5.74, 6) is -1.91. The van der Waals surface area contributed by atoms with E-state index < -0.39 is 11.7 Å². The van der Waals surface area contributed by atoms with Crippen molar-refractivity contribution in [2.45, 2.75) is 13.3 Å². The number of carbonyl (C=O) groups is 3. The number of benzene rings is 2. The van der Waals surface area contributed by atoms with Crippen LogP contribution in [0.3, 0.4) is 0 Å². The molecule has 2 aromatic carbocycles. The van der Waals surface area contributed by atoms with Gasteiger partial charge in [0.25, 0.3) is 0 Å². The van der Waals surface area contributed by atoms with Crippen LogP contribution in [0.15, 0.2) is 54.6 Å². The molecule has 1 unspecified atom stereocenters. The maximum Gasteiger partial charge on any atom is 0.173 e. The van der Waals surface area contributed by atoms with E-state index in [0.717, 1.165) is 0 Å². The van der Waals surface area contributed by atoms with Crippen molar-refractivity contribution >= 4 is 17.3 Å². The van der Waals surface area contributed by atoms with Crippen molar-refractivity contribution in [2.24, 2.45) is 5.92 Å². The van der Waals surface area contributed by atoms with Gasteiger partial charge in [-0.05, 0) is 19.1 Å². The quantitative estimate of drug-likeness (QED) is 0.606. The lowest BCUT2D eigenvalue weighted by atomic mass is 9.91. The number of nitrogens with zero attached hydrogens (tertiary/aromatic N) is 1. The molecule has 0 aliphatic carbocycles. The van der Waals surface area contributed by atoms with Gasteiger partial charge in [0.1, 0.15) is 0 Å². The van der Waals surface area contributed by atoms with Crippen LogP contribution in [0.25, 0.3) is 0 Å². The van der Waals surface area contributed by atoms with Gasteiger partial charge >= 0.3 is 0 Å². The van der Waals surface area contributed by atoms with Gasteiger partial charge in [-0.25, -0.2) is 0 Å². The Kier molecular flexibility index (Phi) is 5.16. The van der Waals surface area contributed by atoms with Crippen LogP contribution in [0.1, 0.15) is 39.6 Å². The van der Waals surface area contributed by atoms with Crippen molar-refractivity contribution in [3.8, 4) is 6.07 Å². The van der Waals surface area contributed by atoms with E-state index in [0.29, 0.717) is 16.7 Å². The first-order valence-corrected chi connectivity index (χ1v) is 7.18. The fourth-order valence-electron chi connectivity index (χ4n) is 2.14. The van der Waals surface area contributed by atoms with Crippen molar-refractivity contribution in [1.82, 2.24) is 0 Å². The number of carbonyl (C=O) groups excluding carboxylic acids is 3. The van der Waals surface area contributed by atoms with Crippen molar-refractivity contribution in [1.29, 1.82) is 5.26 Å². The summed E-state index contributed by atoms with van der Waals surface area (Å²) in [5, 5.41) is 8.73. The molecule has 0 radical (unpaired) electrons. The van der Waals surface area contributed by atoms with Crippen molar-refractivity contribution in [2.75, 3.05) is 0 Å². The first-order chi connectivity index (χ1) is 11.0. The van der Waals surface area contributed by atoms with E-state index in [-0.39, 0.29) is 18.0 Å². The van der Waals surface area contributed by atoms with E-state index in [2.05, 4.69) is 0 Å². The van der Waals surface area contributed by atoms with Crippen LogP contribution in [0.5, 0.6) is 0 Å². The average molecular weight is 305 g/mol. The van der Waals surface area contributed by atoms with Crippen molar-refractivity contribution in [3.63, 3.8) is 0 Å². The zero-order valence-corrected chi connectivity index (χ0v) is 12.7. The Morgan fingerprint density at radius 3 is 2.13 bits per heavy atom. The molecule has 0 spiro atoms. The second kappa shape index (κ2) is 7.28. The Bertz CT molecular complexity index is 771. The number of nitriles is 1. The Hall–Kier alpha value is -3.06. The molecule has 4 nitrogen and oxygen atoms in total. The average Bonchev–Trinajstić information content (AvgIpc) is 2.61. The second-order valence-electron chi connectivity index (χ2n) is 5.21. The predicted octanol–water partition coefficient (Wildman–Crippen LogP) is 3.22. The van der Waals surface area contributed by atoms with Crippen LogP contribution < -0.4 is 0 Å². The van der Waals surface area contributed by atoms with Gasteiger partial charge in [-0.15, -0.1) is 0 Å². The maximum absolute atomic E-state index is 12.2. The van der Waals surface area contributed by atoms with E-state index in [1.54, 1.807) is 30.3 Å². The smallest absolute Gasteiger partial charge is 0.173 e. The summed E-state index contributed by atoms with van der Waals surface area (Å²) in [4.78, 5) is 36.5. The Balaban J connectivity index is 2.04. The molecular weight excluding hydrogens is 290 g/mol. The third kappa shape index (κ3) is 3.98. The van der Waals surface area contributed by atoms with E-state index in [9.17, 15) is 14.4 Å². The molecule has 0 amide bonds. The number of Topliss-reactive ketones (excluding diaryl/α,β-unsaturated/α-hetero) is 3. The van der Waals surface area contributed by atoms with Gasteiger partial charge in [-0.2, -0.15) is 5.26 Å². The minimum absolute atomic E-state index is 0.289. The highest BCUT2D eigenvalue weighted by Crippen LogP contribution is 2.14. The van der Waals surface area contributed by atoms with Gasteiger partial charge < -0.3 is 0 Å². The molecule has 0 N–H and O–H groups in total. The van der Waals surface area contributed by atoms with Gasteiger partial charge in [-0.1, -0.05) is 42.5 Å². The molecule has 1 atom stereocenters. The summed E-state index contributed by atoms with van der Waals surface area (Å²) in [6.45, 7) is 1.52. The first kappa shape index (κ1) is 16.3. The molecule has 4 heteroatoms. The fraction of sp³-hybridized carbons (Fsp3) is 0.158. The number of rotatable bonds is 6. The number of hydrogen-bond acceptors (Lipinski definition) is 4. The normalized spacial score (nSPS) is 11.3. The largest absolute Gasteiger partial charge is 0.298 e. The molecule has 0 saturated carbocycles. The standard InChI is InChI=1S/C19H15NO3/c1-13(19(23)16-5-3-2-4-6-16)17(21)11-18(22)15-9-7-14(12-20)8-10-15/h2-10,13H,11H2,1H3. The van der Waals surface area contributed by atoms with Crippen LogP contribution in [0, 0.1) is 17.2 Å². The molecule has 0 fully saturated rings. The zero-order valence-electron chi connectivity index (χ0n) is 12.7. The lowest BCUT2D eigenvalue weighted by Crippen LogP contribution is -2.23. The van der Waals surface area contributed by atoms with E-state index in [1.807, 2.05) is 6.07 Å². The van der Waals surface area contributed by atoms with Crippen LogP contribution in [-0.4, -0.2) is 17.3 Å². The van der Waals surface area contributed by atoms with Crippen LogP contribution >= 0.6 is 0 Å². The number of hydrogen-bond donors (Lipinski definition) is 0. The van der Waals surface area contributed by atoms with Crippen LogP contribution in [0.4, 0.5) is 0 Å². The zero-order chi connectivity index (χ0) is 16.8. The molecule has 0 heterocycles. The number of ketones is 3. The Morgan fingerprint density at radius 2 is 1.57 bits per heavy atom. The SMILES string of the molecule is CC(C(=O)CC(=O)c1ccc(C#N)cc1)C(=O)c1ccccc1. The molecule has 2 aromatic rings. The van der Waals surface area contributed by atoms with E-state index in [1.165, 1.54) is 31.2 Å². The third-order valence-electron chi connectivity index (χ3n) is 3.61. The topological polar surface area (TPSA) is 75.0 Å².